The van der Waals surface area contributed by atoms with E-state index in [2.05, 4.69) is 13.8 Å². The van der Waals surface area contributed by atoms with Gasteiger partial charge in [-0.1, -0.05) is 19.9 Å². The van der Waals surface area contributed by atoms with Crippen LogP contribution in [0.5, 0.6) is 0 Å². The maximum Gasteiger partial charge on any atom is 0.313 e. The average Bonchev–Trinajstić information content (AvgIpc) is 2.47. The second-order valence-corrected chi connectivity index (χ2v) is 4.59. The largest absolute Gasteiger partial charge is 0.466 e. The van der Waals surface area contributed by atoms with Gasteiger partial charge >= 0.3 is 5.97 Å². The van der Waals surface area contributed by atoms with Gasteiger partial charge in [0.05, 0.1) is 12.5 Å². The molecule has 13 heavy (non-hydrogen) atoms. The first-order chi connectivity index (χ1) is 6.19. The van der Waals surface area contributed by atoms with Crippen LogP contribution in [0, 0.1) is 5.92 Å². The van der Waals surface area contributed by atoms with E-state index >= 15 is 0 Å². The molecule has 2 atom stereocenters. The monoisotopic (exact) mass is 200 g/mol. The van der Waals surface area contributed by atoms with Gasteiger partial charge in [0, 0.05) is 5.25 Å². The van der Waals surface area contributed by atoms with Gasteiger partial charge in [-0.15, -0.1) is 11.8 Å². The van der Waals surface area contributed by atoms with E-state index in [9.17, 15) is 4.79 Å². The van der Waals surface area contributed by atoms with Gasteiger partial charge in [-0.2, -0.15) is 0 Å². The Kier molecular flexibility index (Phi) is 3.85. The van der Waals surface area contributed by atoms with Crippen molar-refractivity contribution >= 4 is 17.7 Å². The normalized spacial score (nSPS) is 27.2. The van der Waals surface area contributed by atoms with Crippen molar-refractivity contribution in [1.82, 2.24) is 0 Å². The number of ether oxygens (including phenoxy) is 1. The summed E-state index contributed by atoms with van der Waals surface area (Å²) in [6.45, 7) is 6.50. The van der Waals surface area contributed by atoms with Crippen molar-refractivity contribution < 1.29 is 9.53 Å². The Morgan fingerprint density at radius 3 is 2.77 bits per heavy atom. The van der Waals surface area contributed by atoms with Gasteiger partial charge in [0.2, 0.25) is 0 Å². The number of rotatable bonds is 3. The van der Waals surface area contributed by atoms with Gasteiger partial charge in [0.15, 0.2) is 0 Å². The molecule has 1 heterocycles. The van der Waals surface area contributed by atoms with Crippen LogP contribution >= 0.6 is 11.8 Å². The fourth-order valence-corrected chi connectivity index (χ4v) is 2.59. The molecule has 0 aromatic rings. The minimum atomic E-state index is -0.0778. The molecule has 1 aliphatic heterocycles. The first-order valence-electron chi connectivity index (χ1n) is 4.73. The zero-order valence-corrected chi connectivity index (χ0v) is 9.19. The Morgan fingerprint density at radius 1 is 1.62 bits per heavy atom. The van der Waals surface area contributed by atoms with Crippen LogP contribution in [0.25, 0.3) is 0 Å². The molecule has 0 aromatic heterocycles. The van der Waals surface area contributed by atoms with Gasteiger partial charge in [-0.3, -0.25) is 4.79 Å². The molecule has 3 heteroatoms. The predicted octanol–water partition coefficient (Wildman–Crippen LogP) is 2.59. The van der Waals surface area contributed by atoms with Crippen molar-refractivity contribution in [2.24, 2.45) is 5.92 Å². The summed E-state index contributed by atoms with van der Waals surface area (Å²) in [5.41, 5.74) is 0. The summed E-state index contributed by atoms with van der Waals surface area (Å²) in [7, 11) is 0. The highest BCUT2D eigenvalue weighted by Crippen LogP contribution is 2.38. The third-order valence-corrected chi connectivity index (χ3v) is 3.51. The highest BCUT2D eigenvalue weighted by atomic mass is 32.2. The van der Waals surface area contributed by atoms with E-state index in [1.54, 1.807) is 11.8 Å². The van der Waals surface area contributed by atoms with Crippen molar-refractivity contribution in [1.29, 1.82) is 0 Å². The molecule has 1 rings (SSSR count). The zero-order valence-electron chi connectivity index (χ0n) is 8.37. The van der Waals surface area contributed by atoms with E-state index in [1.165, 1.54) is 4.91 Å². The second-order valence-electron chi connectivity index (χ2n) is 3.09. The standard InChI is InChI=1S/C10H16O2S/c1-4-8-6-9(7(3)13-8)10(11)12-5-2/h6-7,9H,4-5H2,1-3H3. The number of allylic oxidation sites excluding steroid dienone is 1. The molecule has 0 amide bonds. The van der Waals surface area contributed by atoms with Crippen molar-refractivity contribution in [3.05, 3.63) is 11.0 Å². The van der Waals surface area contributed by atoms with Crippen LogP contribution in [0.4, 0.5) is 0 Å². The summed E-state index contributed by atoms with van der Waals surface area (Å²) in [5.74, 6) is -0.106. The number of thioether (sulfide) groups is 1. The molecule has 1 aliphatic rings. The maximum atomic E-state index is 11.4. The minimum absolute atomic E-state index is 0.0279. The molecule has 2 unspecified atom stereocenters. The summed E-state index contributed by atoms with van der Waals surface area (Å²) < 4.78 is 4.99. The Labute approximate surface area is 83.7 Å². The van der Waals surface area contributed by atoms with E-state index in [0.29, 0.717) is 11.9 Å². The lowest BCUT2D eigenvalue weighted by Gasteiger charge is -2.11. The van der Waals surface area contributed by atoms with Crippen LogP contribution in [0.3, 0.4) is 0 Å². The molecule has 0 saturated heterocycles. The topological polar surface area (TPSA) is 26.3 Å². The lowest BCUT2D eigenvalue weighted by molar-refractivity contribution is -0.146. The molecule has 0 aliphatic carbocycles. The van der Waals surface area contributed by atoms with Crippen LogP contribution in [-0.2, 0) is 9.53 Å². The first-order valence-corrected chi connectivity index (χ1v) is 5.61. The van der Waals surface area contributed by atoms with E-state index in [1.807, 2.05) is 13.0 Å². The quantitative estimate of drug-likeness (QED) is 0.655. The summed E-state index contributed by atoms with van der Waals surface area (Å²) >= 11 is 1.79. The van der Waals surface area contributed by atoms with E-state index in [4.69, 9.17) is 4.74 Å². The van der Waals surface area contributed by atoms with Gasteiger partial charge in [-0.05, 0) is 18.2 Å². The summed E-state index contributed by atoms with van der Waals surface area (Å²) in [5, 5.41) is 0.342. The summed E-state index contributed by atoms with van der Waals surface area (Å²) in [6, 6.07) is 0. The Balaban J connectivity index is 2.59. The zero-order chi connectivity index (χ0) is 9.84. The highest BCUT2D eigenvalue weighted by Gasteiger charge is 2.30. The van der Waals surface area contributed by atoms with Crippen LogP contribution in [-0.4, -0.2) is 17.8 Å². The lowest BCUT2D eigenvalue weighted by Crippen LogP contribution is -2.21. The highest BCUT2D eigenvalue weighted by molar-refractivity contribution is 8.03. The predicted molar refractivity (Wildman–Crippen MR) is 55.6 cm³/mol. The van der Waals surface area contributed by atoms with Crippen molar-refractivity contribution in [2.45, 2.75) is 32.4 Å². The van der Waals surface area contributed by atoms with Crippen LogP contribution < -0.4 is 0 Å². The minimum Gasteiger partial charge on any atom is -0.466 e. The molecule has 0 spiro atoms. The molecule has 0 bridgehead atoms. The van der Waals surface area contributed by atoms with Crippen molar-refractivity contribution in [3.8, 4) is 0 Å². The summed E-state index contributed by atoms with van der Waals surface area (Å²) in [4.78, 5) is 12.7. The molecule has 2 nitrogen and oxygen atoms in total. The van der Waals surface area contributed by atoms with Gasteiger partial charge in [0.25, 0.3) is 0 Å². The Bertz CT molecular complexity index is 223. The smallest absolute Gasteiger partial charge is 0.313 e. The van der Waals surface area contributed by atoms with E-state index in [-0.39, 0.29) is 11.9 Å². The van der Waals surface area contributed by atoms with Crippen LogP contribution in [0.15, 0.2) is 11.0 Å². The molecule has 0 radical (unpaired) electrons. The van der Waals surface area contributed by atoms with Crippen LogP contribution in [0.1, 0.15) is 27.2 Å². The molecular formula is C10H16O2S. The van der Waals surface area contributed by atoms with E-state index in [0.717, 1.165) is 6.42 Å². The number of carbonyl (C=O) groups is 1. The molecule has 74 valence electrons. The molecular weight excluding hydrogens is 184 g/mol. The number of esters is 1. The molecule has 0 saturated carbocycles. The Morgan fingerprint density at radius 2 is 2.31 bits per heavy atom. The Hall–Kier alpha value is -0.440. The third-order valence-electron chi connectivity index (χ3n) is 2.12. The molecule has 0 aromatic carbocycles. The lowest BCUT2D eigenvalue weighted by atomic mass is 10.1. The van der Waals surface area contributed by atoms with Crippen LogP contribution in [0.2, 0.25) is 0 Å². The maximum absolute atomic E-state index is 11.4. The first kappa shape index (κ1) is 10.6. The number of hydrogen-bond acceptors (Lipinski definition) is 3. The SMILES string of the molecule is CCOC(=O)C1C=C(CC)SC1C. The van der Waals surface area contributed by atoms with Crippen molar-refractivity contribution in [2.75, 3.05) is 6.61 Å². The fraction of sp³-hybridized carbons (Fsp3) is 0.700. The molecule has 0 fully saturated rings. The van der Waals surface area contributed by atoms with Crippen molar-refractivity contribution in [3.63, 3.8) is 0 Å². The van der Waals surface area contributed by atoms with Gasteiger partial charge < -0.3 is 4.74 Å². The second kappa shape index (κ2) is 4.70. The van der Waals surface area contributed by atoms with Gasteiger partial charge in [0.1, 0.15) is 0 Å². The number of hydrogen-bond donors (Lipinski definition) is 0. The molecule has 0 N–H and O–H groups in total. The average molecular weight is 200 g/mol. The number of carbonyl (C=O) groups excluding carboxylic acids is 1. The van der Waals surface area contributed by atoms with E-state index < -0.39 is 0 Å². The fourth-order valence-electron chi connectivity index (χ4n) is 1.39. The third kappa shape index (κ3) is 2.50. The summed E-state index contributed by atoms with van der Waals surface area (Å²) in [6.07, 6.45) is 3.07. The van der Waals surface area contributed by atoms with Gasteiger partial charge in [-0.25, -0.2) is 0 Å².